The first-order chi connectivity index (χ1) is 10.5. The normalized spacial score (nSPS) is 14.5. The quantitative estimate of drug-likeness (QED) is 0.792. The van der Waals surface area contributed by atoms with Gasteiger partial charge in [-0.3, -0.25) is 4.79 Å². The molecule has 1 aliphatic rings. The predicted octanol–water partition coefficient (Wildman–Crippen LogP) is 3.21. The molecule has 1 amide bonds. The van der Waals surface area contributed by atoms with Crippen molar-refractivity contribution in [2.45, 2.75) is 17.7 Å². The molecule has 0 unspecified atom stereocenters. The van der Waals surface area contributed by atoms with E-state index in [1.165, 1.54) is 24.3 Å². The second-order valence-electron chi connectivity index (χ2n) is 5.15. The molecule has 1 heterocycles. The summed E-state index contributed by atoms with van der Waals surface area (Å²) in [4.78, 5) is 14.4. The van der Waals surface area contributed by atoms with Crippen molar-refractivity contribution < 1.29 is 13.2 Å². The van der Waals surface area contributed by atoms with Gasteiger partial charge in [0, 0.05) is 28.5 Å². The van der Waals surface area contributed by atoms with Gasteiger partial charge >= 0.3 is 0 Å². The Kier molecular flexibility index (Phi) is 3.93. The highest BCUT2D eigenvalue weighted by molar-refractivity contribution is 8.13. The summed E-state index contributed by atoms with van der Waals surface area (Å²) >= 11 is 0. The Balaban J connectivity index is 1.92. The van der Waals surface area contributed by atoms with E-state index in [0.717, 1.165) is 24.1 Å². The van der Waals surface area contributed by atoms with Crippen molar-refractivity contribution in [1.29, 1.82) is 0 Å². The highest BCUT2D eigenvalue weighted by atomic mass is 35.7. The Morgan fingerprint density at radius 3 is 2.41 bits per heavy atom. The Bertz CT molecular complexity index is 816. The Hall–Kier alpha value is -1.85. The minimum Gasteiger partial charge on any atom is -0.308 e. The lowest BCUT2D eigenvalue weighted by Gasteiger charge is -2.29. The van der Waals surface area contributed by atoms with Crippen LogP contribution < -0.4 is 4.90 Å². The van der Waals surface area contributed by atoms with Gasteiger partial charge in [0.1, 0.15) is 0 Å². The highest BCUT2D eigenvalue weighted by Gasteiger charge is 2.23. The number of para-hydroxylation sites is 1. The molecule has 4 nitrogen and oxygen atoms in total. The number of hydrogen-bond donors (Lipinski definition) is 0. The van der Waals surface area contributed by atoms with Gasteiger partial charge in [-0.15, -0.1) is 0 Å². The van der Waals surface area contributed by atoms with Gasteiger partial charge < -0.3 is 4.90 Å². The highest BCUT2D eigenvalue weighted by Crippen LogP contribution is 2.28. The number of benzene rings is 2. The van der Waals surface area contributed by atoms with Crippen molar-refractivity contribution in [3.8, 4) is 0 Å². The van der Waals surface area contributed by atoms with Gasteiger partial charge in [0.25, 0.3) is 15.0 Å². The van der Waals surface area contributed by atoms with E-state index < -0.39 is 9.05 Å². The second-order valence-corrected chi connectivity index (χ2v) is 7.72. The van der Waals surface area contributed by atoms with E-state index in [0.29, 0.717) is 12.1 Å². The van der Waals surface area contributed by atoms with E-state index in [1.54, 1.807) is 4.90 Å². The zero-order valence-electron chi connectivity index (χ0n) is 11.7. The summed E-state index contributed by atoms with van der Waals surface area (Å²) in [6.07, 6.45) is 1.88. The molecule has 114 valence electrons. The average Bonchev–Trinajstić information content (AvgIpc) is 2.53. The van der Waals surface area contributed by atoms with E-state index in [2.05, 4.69) is 0 Å². The van der Waals surface area contributed by atoms with Crippen LogP contribution in [-0.4, -0.2) is 20.9 Å². The van der Waals surface area contributed by atoms with Crippen LogP contribution in [0.15, 0.2) is 53.4 Å². The van der Waals surface area contributed by atoms with Gasteiger partial charge in [0.2, 0.25) is 0 Å². The van der Waals surface area contributed by atoms with Crippen molar-refractivity contribution in [3.63, 3.8) is 0 Å². The third-order valence-electron chi connectivity index (χ3n) is 3.74. The summed E-state index contributed by atoms with van der Waals surface area (Å²) < 4.78 is 22.5. The summed E-state index contributed by atoms with van der Waals surface area (Å²) in [5, 5.41) is 0. The van der Waals surface area contributed by atoms with Crippen molar-refractivity contribution >= 4 is 31.3 Å². The molecule has 2 aromatic carbocycles. The van der Waals surface area contributed by atoms with Crippen LogP contribution in [0.4, 0.5) is 5.69 Å². The maximum Gasteiger partial charge on any atom is 0.261 e. The average molecular weight is 336 g/mol. The fourth-order valence-corrected chi connectivity index (χ4v) is 3.43. The topological polar surface area (TPSA) is 54.5 Å². The molecule has 22 heavy (non-hydrogen) atoms. The summed E-state index contributed by atoms with van der Waals surface area (Å²) in [5.74, 6) is -0.134. The first-order valence-corrected chi connectivity index (χ1v) is 9.22. The molecule has 2 aromatic rings. The maximum absolute atomic E-state index is 12.7. The monoisotopic (exact) mass is 335 g/mol. The number of carbonyl (C=O) groups is 1. The number of rotatable bonds is 2. The fourth-order valence-electron chi connectivity index (χ4n) is 2.66. The van der Waals surface area contributed by atoms with Gasteiger partial charge in [0.15, 0.2) is 0 Å². The van der Waals surface area contributed by atoms with Gasteiger partial charge in [0.05, 0.1) is 4.90 Å². The third kappa shape index (κ3) is 2.87. The number of nitrogens with zero attached hydrogens (tertiary/aromatic N) is 1. The number of anilines is 1. The molecule has 3 rings (SSSR count). The van der Waals surface area contributed by atoms with Crippen molar-refractivity contribution in [1.82, 2.24) is 0 Å². The first kappa shape index (κ1) is 15.1. The van der Waals surface area contributed by atoms with Crippen LogP contribution in [0.25, 0.3) is 0 Å². The number of hydrogen-bond acceptors (Lipinski definition) is 3. The molecule has 0 saturated carbocycles. The molecule has 0 saturated heterocycles. The third-order valence-corrected chi connectivity index (χ3v) is 5.11. The van der Waals surface area contributed by atoms with Crippen LogP contribution in [-0.2, 0) is 15.5 Å². The number of carbonyl (C=O) groups excluding carboxylic acids is 1. The molecule has 0 bridgehead atoms. The Morgan fingerprint density at radius 1 is 1.05 bits per heavy atom. The van der Waals surface area contributed by atoms with E-state index in [1.807, 2.05) is 24.3 Å². The lowest BCUT2D eigenvalue weighted by atomic mass is 10.0. The first-order valence-electron chi connectivity index (χ1n) is 6.91. The van der Waals surface area contributed by atoms with Crippen LogP contribution in [0.1, 0.15) is 22.3 Å². The Labute approximate surface area is 133 Å². The summed E-state index contributed by atoms with van der Waals surface area (Å²) in [6, 6.07) is 13.5. The maximum atomic E-state index is 12.7. The van der Waals surface area contributed by atoms with E-state index in [4.69, 9.17) is 10.7 Å². The number of halogens is 1. The van der Waals surface area contributed by atoms with E-state index in [9.17, 15) is 13.2 Å². The van der Waals surface area contributed by atoms with Gasteiger partial charge in [-0.2, -0.15) is 0 Å². The Morgan fingerprint density at radius 2 is 1.73 bits per heavy atom. The van der Waals surface area contributed by atoms with Gasteiger partial charge in [-0.1, -0.05) is 18.2 Å². The largest absolute Gasteiger partial charge is 0.308 e. The van der Waals surface area contributed by atoms with Gasteiger partial charge in [-0.25, -0.2) is 8.42 Å². The standard InChI is InChI=1S/C16H14ClNO3S/c17-22(20,21)14-9-7-13(8-10-14)16(19)18-11-3-5-12-4-1-2-6-15(12)18/h1-2,4,6-10H,3,5,11H2. The molecule has 1 aliphatic heterocycles. The SMILES string of the molecule is O=C(c1ccc(S(=O)(=O)Cl)cc1)N1CCCc2ccccc21. The molecule has 0 aromatic heterocycles. The van der Waals surface area contributed by atoms with E-state index >= 15 is 0 Å². The number of amides is 1. The van der Waals surface area contributed by atoms with E-state index in [-0.39, 0.29) is 10.8 Å². The smallest absolute Gasteiger partial charge is 0.261 e. The molecule has 0 radical (unpaired) electrons. The molecule has 6 heteroatoms. The minimum atomic E-state index is -3.77. The fraction of sp³-hybridized carbons (Fsp3) is 0.188. The molecule has 0 atom stereocenters. The molecular formula is C16H14ClNO3S. The molecule has 0 N–H and O–H groups in total. The minimum absolute atomic E-state index is 0.00948. The van der Waals surface area contributed by atoms with Crippen LogP contribution >= 0.6 is 10.7 Å². The van der Waals surface area contributed by atoms with Crippen LogP contribution in [0, 0.1) is 0 Å². The van der Waals surface area contributed by atoms with Gasteiger partial charge in [-0.05, 0) is 48.7 Å². The molecule has 0 spiro atoms. The molecular weight excluding hydrogens is 322 g/mol. The van der Waals surface area contributed by atoms with Crippen LogP contribution in [0.5, 0.6) is 0 Å². The van der Waals surface area contributed by atoms with Crippen molar-refractivity contribution in [3.05, 3.63) is 59.7 Å². The molecule has 0 fully saturated rings. The van der Waals surface area contributed by atoms with Crippen molar-refractivity contribution in [2.24, 2.45) is 0 Å². The summed E-state index contributed by atoms with van der Waals surface area (Å²) in [7, 11) is 1.51. The number of aryl methyl sites for hydroxylation is 1. The van der Waals surface area contributed by atoms with Crippen molar-refractivity contribution in [2.75, 3.05) is 11.4 Å². The molecule has 0 aliphatic carbocycles. The van der Waals surface area contributed by atoms with Crippen LogP contribution in [0.2, 0.25) is 0 Å². The van der Waals surface area contributed by atoms with Crippen LogP contribution in [0.3, 0.4) is 0 Å². The zero-order valence-corrected chi connectivity index (χ0v) is 13.3. The second kappa shape index (κ2) is 5.74. The summed E-state index contributed by atoms with van der Waals surface area (Å²) in [6.45, 7) is 0.658. The summed E-state index contributed by atoms with van der Waals surface area (Å²) in [5.41, 5.74) is 2.52. The number of fused-ring (bicyclic) bond motifs is 1. The zero-order chi connectivity index (χ0) is 15.7. The lowest BCUT2D eigenvalue weighted by molar-refractivity contribution is 0.0985. The lowest BCUT2D eigenvalue weighted by Crippen LogP contribution is -2.35. The predicted molar refractivity (Wildman–Crippen MR) is 85.9 cm³/mol.